The second kappa shape index (κ2) is 8.11. The topological polar surface area (TPSA) is 59.3 Å². The molecule has 2 aromatic carbocycles. The maximum absolute atomic E-state index is 10.6. The van der Waals surface area contributed by atoms with Crippen molar-refractivity contribution in [1.82, 2.24) is 4.90 Å². The van der Waals surface area contributed by atoms with E-state index in [0.29, 0.717) is 10.7 Å². The molecular weight excluding hydrogens is 330 g/mol. The first-order valence-electron chi connectivity index (χ1n) is 8.47. The Balaban J connectivity index is 1.57. The van der Waals surface area contributed by atoms with Crippen molar-refractivity contribution in [3.8, 4) is 6.07 Å². The molecule has 1 aliphatic rings. The molecule has 0 radical (unpaired) electrons. The average molecular weight is 351 g/mol. The van der Waals surface area contributed by atoms with E-state index in [1.807, 2.05) is 48.5 Å². The zero-order chi connectivity index (χ0) is 17.6. The van der Waals surface area contributed by atoms with Crippen molar-refractivity contribution in [2.45, 2.75) is 18.9 Å². The van der Waals surface area contributed by atoms with Crippen molar-refractivity contribution < 1.29 is 5.11 Å². The molecule has 0 amide bonds. The van der Waals surface area contributed by atoms with Crippen molar-refractivity contribution in [2.24, 2.45) is 5.92 Å². The molecule has 0 unspecified atom stereocenters. The molecule has 2 aromatic rings. The van der Waals surface area contributed by atoms with Gasteiger partial charge in [0.2, 0.25) is 0 Å². The highest BCUT2D eigenvalue weighted by atomic mass is 32.1. The fourth-order valence-corrected chi connectivity index (χ4v) is 3.52. The van der Waals surface area contributed by atoms with Gasteiger partial charge in [-0.05, 0) is 48.7 Å². The monoisotopic (exact) mass is 351 g/mol. The first-order chi connectivity index (χ1) is 12.2. The predicted molar refractivity (Wildman–Crippen MR) is 103 cm³/mol. The van der Waals surface area contributed by atoms with Gasteiger partial charge in [0.15, 0.2) is 5.11 Å². The molecule has 1 heterocycles. The Kier molecular flexibility index (Phi) is 5.64. The summed E-state index contributed by atoms with van der Waals surface area (Å²) in [6.45, 7) is 1.60. The first-order valence-corrected chi connectivity index (χ1v) is 8.88. The molecule has 1 saturated heterocycles. The number of hydrogen-bond donors (Lipinski definition) is 2. The van der Waals surface area contributed by atoms with Gasteiger partial charge in [0, 0.05) is 13.1 Å². The molecule has 0 bridgehead atoms. The van der Waals surface area contributed by atoms with Crippen molar-refractivity contribution in [3.05, 3.63) is 65.7 Å². The lowest BCUT2D eigenvalue weighted by Crippen LogP contribution is -2.42. The zero-order valence-electron chi connectivity index (χ0n) is 13.9. The number of rotatable bonds is 3. The normalized spacial score (nSPS) is 16.1. The Morgan fingerprint density at radius 3 is 2.44 bits per heavy atom. The number of nitrogens with one attached hydrogen (secondary N) is 1. The molecule has 3 rings (SSSR count). The summed E-state index contributed by atoms with van der Waals surface area (Å²) in [7, 11) is 0. The summed E-state index contributed by atoms with van der Waals surface area (Å²) in [6, 6.07) is 19.3. The largest absolute Gasteiger partial charge is 0.388 e. The lowest BCUT2D eigenvalue weighted by Gasteiger charge is -2.36. The molecule has 1 atom stereocenters. The zero-order valence-corrected chi connectivity index (χ0v) is 14.7. The summed E-state index contributed by atoms with van der Waals surface area (Å²) in [5.41, 5.74) is 2.30. The van der Waals surface area contributed by atoms with Crippen LogP contribution in [0.4, 0.5) is 5.69 Å². The number of nitriles is 1. The predicted octanol–water partition coefficient (Wildman–Crippen LogP) is 3.70. The van der Waals surface area contributed by atoms with E-state index >= 15 is 0 Å². The van der Waals surface area contributed by atoms with Gasteiger partial charge in [0.1, 0.15) is 6.07 Å². The molecule has 4 nitrogen and oxygen atoms in total. The minimum atomic E-state index is -0.427. The Labute approximate surface area is 153 Å². The minimum Gasteiger partial charge on any atom is -0.388 e. The molecule has 2 N–H and O–H groups in total. The van der Waals surface area contributed by atoms with Gasteiger partial charge in [-0.25, -0.2) is 0 Å². The first kappa shape index (κ1) is 17.4. The fraction of sp³-hybridized carbons (Fsp3) is 0.300. The van der Waals surface area contributed by atoms with Gasteiger partial charge in [0.05, 0.1) is 17.4 Å². The summed E-state index contributed by atoms with van der Waals surface area (Å²) >= 11 is 5.50. The third-order valence-corrected chi connectivity index (χ3v) is 5.06. The highest BCUT2D eigenvalue weighted by Crippen LogP contribution is 2.30. The molecule has 0 aromatic heterocycles. The Hall–Kier alpha value is -2.42. The van der Waals surface area contributed by atoms with Crippen LogP contribution in [0.25, 0.3) is 0 Å². The number of thiocarbonyl (C=S) groups is 1. The number of hydrogen-bond acceptors (Lipinski definition) is 3. The molecule has 128 valence electrons. The summed E-state index contributed by atoms with van der Waals surface area (Å²) in [6.07, 6.45) is 1.35. The maximum atomic E-state index is 10.6. The number of benzene rings is 2. The molecule has 1 fully saturated rings. The molecule has 0 aliphatic carbocycles. The van der Waals surface area contributed by atoms with Gasteiger partial charge < -0.3 is 15.3 Å². The molecule has 1 aliphatic heterocycles. The maximum Gasteiger partial charge on any atom is 0.173 e. The van der Waals surface area contributed by atoms with Gasteiger partial charge in [-0.2, -0.15) is 5.26 Å². The van der Waals surface area contributed by atoms with Crippen LogP contribution in [-0.4, -0.2) is 28.2 Å². The molecule has 25 heavy (non-hydrogen) atoms. The van der Waals surface area contributed by atoms with E-state index in [1.54, 1.807) is 6.07 Å². The van der Waals surface area contributed by atoms with E-state index in [4.69, 9.17) is 12.2 Å². The molecular formula is C20H21N3OS. The number of piperidine rings is 1. The van der Waals surface area contributed by atoms with Gasteiger partial charge in [-0.1, -0.05) is 42.5 Å². The van der Waals surface area contributed by atoms with Crippen molar-refractivity contribution in [1.29, 1.82) is 5.26 Å². The lowest BCUT2D eigenvalue weighted by molar-refractivity contribution is 0.0744. The van der Waals surface area contributed by atoms with E-state index in [0.717, 1.165) is 37.2 Å². The van der Waals surface area contributed by atoms with E-state index in [-0.39, 0.29) is 5.92 Å². The van der Waals surface area contributed by atoms with E-state index in [1.165, 1.54) is 0 Å². The van der Waals surface area contributed by atoms with Crippen LogP contribution in [0, 0.1) is 17.2 Å². The van der Waals surface area contributed by atoms with Crippen LogP contribution in [0.2, 0.25) is 0 Å². The van der Waals surface area contributed by atoms with Gasteiger partial charge in [-0.3, -0.25) is 0 Å². The summed E-state index contributed by atoms with van der Waals surface area (Å²) in [4.78, 5) is 2.11. The molecule has 0 saturated carbocycles. The smallest absolute Gasteiger partial charge is 0.173 e. The van der Waals surface area contributed by atoms with Gasteiger partial charge in [-0.15, -0.1) is 0 Å². The quantitative estimate of drug-likeness (QED) is 0.826. The van der Waals surface area contributed by atoms with E-state index in [9.17, 15) is 10.4 Å². The summed E-state index contributed by atoms with van der Waals surface area (Å²) in [5, 5.41) is 23.6. The van der Waals surface area contributed by atoms with Crippen LogP contribution in [0.1, 0.15) is 30.1 Å². The van der Waals surface area contributed by atoms with E-state index in [2.05, 4.69) is 16.3 Å². The number of para-hydroxylation sites is 1. The summed E-state index contributed by atoms with van der Waals surface area (Å²) in [5.74, 6) is 0.243. The minimum absolute atomic E-state index is 0.243. The van der Waals surface area contributed by atoms with E-state index < -0.39 is 6.10 Å². The lowest BCUT2D eigenvalue weighted by atomic mass is 9.87. The Bertz CT molecular complexity index is 764. The number of anilines is 1. The third kappa shape index (κ3) is 4.16. The van der Waals surface area contributed by atoms with Crippen LogP contribution >= 0.6 is 12.2 Å². The number of aliphatic hydroxyl groups excluding tert-OH is 1. The van der Waals surface area contributed by atoms with Crippen LogP contribution in [-0.2, 0) is 0 Å². The highest BCUT2D eigenvalue weighted by molar-refractivity contribution is 7.80. The number of aliphatic hydroxyl groups is 1. The SMILES string of the molecule is N#Cc1ccccc1NC(=S)N1CCC([C@@H](O)c2ccccc2)CC1. The van der Waals surface area contributed by atoms with Crippen LogP contribution in [0.15, 0.2) is 54.6 Å². The average Bonchev–Trinajstić information content (AvgIpc) is 2.68. The van der Waals surface area contributed by atoms with Crippen molar-refractivity contribution >= 4 is 23.0 Å². The van der Waals surface area contributed by atoms with Crippen LogP contribution in [0.5, 0.6) is 0 Å². The highest BCUT2D eigenvalue weighted by Gasteiger charge is 2.27. The number of likely N-dealkylation sites (tertiary alicyclic amines) is 1. The van der Waals surface area contributed by atoms with Gasteiger partial charge >= 0.3 is 0 Å². The summed E-state index contributed by atoms with van der Waals surface area (Å²) < 4.78 is 0. The van der Waals surface area contributed by atoms with Crippen LogP contribution in [0.3, 0.4) is 0 Å². The van der Waals surface area contributed by atoms with Gasteiger partial charge in [0.25, 0.3) is 0 Å². The molecule has 5 heteroatoms. The second-order valence-electron chi connectivity index (χ2n) is 6.27. The number of nitrogens with zero attached hydrogens (tertiary/aromatic N) is 2. The second-order valence-corrected chi connectivity index (χ2v) is 6.65. The standard InChI is InChI=1S/C20H21N3OS/c21-14-17-8-4-5-9-18(17)22-20(25)23-12-10-16(11-13-23)19(24)15-6-2-1-3-7-15/h1-9,16,19,24H,10-13H2,(H,22,25)/t19-/m0/s1. The Morgan fingerprint density at radius 1 is 1.12 bits per heavy atom. The van der Waals surface area contributed by atoms with Crippen LogP contribution < -0.4 is 5.32 Å². The third-order valence-electron chi connectivity index (χ3n) is 4.70. The fourth-order valence-electron chi connectivity index (χ4n) is 3.22. The molecule has 0 spiro atoms. The van der Waals surface area contributed by atoms with Crippen molar-refractivity contribution in [2.75, 3.05) is 18.4 Å². The van der Waals surface area contributed by atoms with Crippen molar-refractivity contribution in [3.63, 3.8) is 0 Å². The Morgan fingerprint density at radius 2 is 1.76 bits per heavy atom.